The lowest BCUT2D eigenvalue weighted by molar-refractivity contribution is -0.421. The number of hydrazine groups is 1. The van der Waals surface area contributed by atoms with Crippen molar-refractivity contribution in [2.75, 3.05) is 25.2 Å². The first-order valence-corrected chi connectivity index (χ1v) is 4.00. The van der Waals surface area contributed by atoms with Gasteiger partial charge in [-0.2, -0.15) is 4.98 Å². The number of aromatic nitrogens is 3. The Kier molecular flexibility index (Phi) is 3.36. The standard InChI is InChI=1S/C2H5N5.C2H6N4S/c3-1-5-2(4)7-6-1;1-5-2-6(7)4-3-5/h(H5,3,4,5,6,7);3H,2H2,1H3. The molecule has 0 radical (unpaired) electrons. The Balaban J connectivity index is 0.000000140. The topological polar surface area (TPSA) is 124 Å². The van der Waals surface area contributed by atoms with Crippen molar-refractivity contribution in [3.63, 3.8) is 0 Å². The monoisotopic (exact) mass is 217 g/mol. The smallest absolute Gasteiger partial charge is 0.241 e. The van der Waals surface area contributed by atoms with Crippen molar-refractivity contribution in [1.82, 2.24) is 25.7 Å². The second-order valence-electron chi connectivity index (χ2n) is 2.47. The van der Waals surface area contributed by atoms with Gasteiger partial charge < -0.3 is 24.3 Å². The summed E-state index contributed by atoms with van der Waals surface area (Å²) in [6.07, 6.45) is 0. The summed E-state index contributed by atoms with van der Waals surface area (Å²) in [7, 11) is 1.87. The zero-order valence-electron chi connectivity index (χ0n) is 7.51. The van der Waals surface area contributed by atoms with Crippen LogP contribution in [0.5, 0.6) is 0 Å². The number of nitrogens with one attached hydrogen (secondary N) is 2. The minimum atomic E-state index is 0.178. The predicted octanol–water partition coefficient (Wildman–Crippen LogP) is -1.80. The number of aromatic amines is 1. The number of nitrogens with zero attached hydrogens (tertiary/aromatic N) is 5. The molecule has 0 unspecified atom stereocenters. The fourth-order valence-electron chi connectivity index (χ4n) is 0.659. The zero-order valence-corrected chi connectivity index (χ0v) is 8.32. The molecular weight excluding hydrogens is 206 g/mol. The van der Waals surface area contributed by atoms with E-state index in [-0.39, 0.29) is 11.9 Å². The first kappa shape index (κ1) is 10.4. The third-order valence-electron chi connectivity index (χ3n) is 1.18. The number of nitrogens with two attached hydrogens (primary N) is 2. The Morgan fingerprint density at radius 1 is 1.57 bits per heavy atom. The van der Waals surface area contributed by atoms with Crippen LogP contribution in [-0.4, -0.2) is 38.0 Å². The lowest BCUT2D eigenvalue weighted by Crippen LogP contribution is -2.25. The van der Waals surface area contributed by atoms with Crippen LogP contribution in [0.25, 0.3) is 0 Å². The number of hydrogen-bond donors (Lipinski definition) is 4. The molecule has 78 valence electrons. The lowest BCUT2D eigenvalue weighted by Gasteiger charge is -1.97. The van der Waals surface area contributed by atoms with Crippen LogP contribution in [0.1, 0.15) is 0 Å². The second-order valence-corrected chi connectivity index (χ2v) is 2.89. The maximum Gasteiger partial charge on any atom is 0.241 e. The number of nitrogen functional groups attached to an aromatic ring is 2. The van der Waals surface area contributed by atoms with Crippen LogP contribution >= 0.6 is 0 Å². The average molecular weight is 217 g/mol. The van der Waals surface area contributed by atoms with Crippen molar-refractivity contribution in [1.29, 1.82) is 0 Å². The fourth-order valence-corrected chi connectivity index (χ4v) is 0.869. The van der Waals surface area contributed by atoms with Crippen LogP contribution in [0.15, 0.2) is 5.22 Å². The molecule has 9 nitrogen and oxygen atoms in total. The molecule has 0 aliphatic carbocycles. The van der Waals surface area contributed by atoms with E-state index in [0.717, 1.165) is 0 Å². The van der Waals surface area contributed by atoms with E-state index in [1.54, 1.807) is 5.01 Å². The highest BCUT2D eigenvalue weighted by atomic mass is 32.1. The van der Waals surface area contributed by atoms with E-state index in [4.69, 9.17) is 11.5 Å². The summed E-state index contributed by atoms with van der Waals surface area (Å²) in [6, 6.07) is 0. The molecule has 0 spiro atoms. The number of rotatable bonds is 0. The molecule has 0 amide bonds. The Labute approximate surface area is 85.7 Å². The van der Waals surface area contributed by atoms with Gasteiger partial charge in [0.25, 0.3) is 0 Å². The summed E-state index contributed by atoms with van der Waals surface area (Å²) < 4.78 is 1.40. The van der Waals surface area contributed by atoms with Crippen LogP contribution in [-0.2, 0) is 12.8 Å². The first-order valence-electron chi connectivity index (χ1n) is 3.63. The van der Waals surface area contributed by atoms with E-state index in [0.29, 0.717) is 6.67 Å². The maximum atomic E-state index is 5.07. The zero-order chi connectivity index (χ0) is 10.6. The van der Waals surface area contributed by atoms with Gasteiger partial charge in [-0.1, -0.05) is 10.5 Å². The molecule has 2 rings (SSSR count). The molecule has 10 heteroatoms. The SMILES string of the molecule is CN1C[N+]([S-])=NN1.Nc1n[nH]c(N)n1. The van der Waals surface area contributed by atoms with Crippen LogP contribution in [0.4, 0.5) is 11.9 Å². The van der Waals surface area contributed by atoms with Gasteiger partial charge in [-0.15, -0.1) is 5.10 Å². The van der Waals surface area contributed by atoms with Crippen molar-refractivity contribution in [2.24, 2.45) is 5.22 Å². The van der Waals surface area contributed by atoms with E-state index in [1.165, 1.54) is 4.10 Å². The summed E-state index contributed by atoms with van der Waals surface area (Å²) in [6.45, 7) is 0.676. The normalized spacial score (nSPS) is 15.4. The van der Waals surface area contributed by atoms with Gasteiger partial charge in [0.2, 0.25) is 11.9 Å². The third kappa shape index (κ3) is 3.37. The molecule has 1 aromatic rings. The van der Waals surface area contributed by atoms with Crippen LogP contribution in [0.3, 0.4) is 0 Å². The molecule has 2 heterocycles. The maximum absolute atomic E-state index is 5.07. The highest BCUT2D eigenvalue weighted by Gasteiger charge is 2.06. The minimum Gasteiger partial charge on any atom is -0.532 e. The largest absolute Gasteiger partial charge is 0.532 e. The van der Waals surface area contributed by atoms with Crippen molar-refractivity contribution >= 4 is 24.7 Å². The molecule has 0 saturated carbocycles. The molecule has 0 saturated heterocycles. The molecule has 0 fully saturated rings. The molecular formula is C4H11N9S. The average Bonchev–Trinajstić information content (AvgIpc) is 2.63. The third-order valence-corrected chi connectivity index (χ3v) is 1.38. The Bertz CT molecular complexity index is 302. The minimum absolute atomic E-state index is 0.178. The van der Waals surface area contributed by atoms with Gasteiger partial charge in [-0.05, 0) is 0 Å². The van der Waals surface area contributed by atoms with Gasteiger partial charge >= 0.3 is 0 Å². The van der Waals surface area contributed by atoms with Crippen LogP contribution < -0.4 is 17.0 Å². The molecule has 1 aliphatic rings. The molecule has 0 atom stereocenters. The van der Waals surface area contributed by atoms with Crippen molar-refractivity contribution in [3.05, 3.63) is 0 Å². The molecule has 0 aromatic carbocycles. The van der Waals surface area contributed by atoms with Gasteiger partial charge in [0.05, 0.1) is 5.22 Å². The Hall–Kier alpha value is -1.68. The first-order chi connectivity index (χ1) is 6.58. The van der Waals surface area contributed by atoms with Gasteiger partial charge in [0, 0.05) is 7.05 Å². The van der Waals surface area contributed by atoms with Gasteiger partial charge in [-0.3, -0.25) is 4.10 Å². The Morgan fingerprint density at radius 3 is 2.43 bits per heavy atom. The van der Waals surface area contributed by atoms with E-state index >= 15 is 0 Å². The van der Waals surface area contributed by atoms with E-state index in [1.807, 2.05) is 7.05 Å². The predicted molar refractivity (Wildman–Crippen MR) is 51.0 cm³/mol. The highest BCUT2D eigenvalue weighted by molar-refractivity contribution is 7.51. The van der Waals surface area contributed by atoms with Crippen LogP contribution in [0, 0.1) is 0 Å². The summed E-state index contributed by atoms with van der Waals surface area (Å²) >= 11 is 4.64. The van der Waals surface area contributed by atoms with Crippen molar-refractivity contribution in [2.45, 2.75) is 0 Å². The summed E-state index contributed by atoms with van der Waals surface area (Å²) in [5.41, 5.74) is 12.8. The number of hydrogen-bond acceptors (Lipinski definition) is 8. The molecule has 14 heavy (non-hydrogen) atoms. The van der Waals surface area contributed by atoms with Crippen LogP contribution in [0.2, 0.25) is 0 Å². The van der Waals surface area contributed by atoms with Crippen molar-refractivity contribution in [3.8, 4) is 0 Å². The molecule has 1 aliphatic heterocycles. The lowest BCUT2D eigenvalue weighted by atomic mass is 11.0. The summed E-state index contributed by atoms with van der Waals surface area (Å²) in [5.74, 6) is 0.426. The van der Waals surface area contributed by atoms with E-state index < -0.39 is 0 Å². The number of anilines is 2. The fraction of sp³-hybridized carbons (Fsp3) is 0.500. The summed E-state index contributed by atoms with van der Waals surface area (Å²) in [5, 5.41) is 11.2. The number of H-pyrrole nitrogens is 1. The molecule has 0 bridgehead atoms. The van der Waals surface area contributed by atoms with E-state index in [9.17, 15) is 0 Å². The molecule has 1 aromatic heterocycles. The quantitative estimate of drug-likeness (QED) is 0.298. The van der Waals surface area contributed by atoms with Crippen molar-refractivity contribution < 1.29 is 4.10 Å². The van der Waals surface area contributed by atoms with Gasteiger partial charge in [0.15, 0.2) is 6.67 Å². The Morgan fingerprint density at radius 2 is 2.29 bits per heavy atom. The van der Waals surface area contributed by atoms with Gasteiger partial charge in [-0.25, -0.2) is 5.10 Å². The van der Waals surface area contributed by atoms with E-state index in [2.05, 4.69) is 38.8 Å². The molecule has 6 N–H and O–H groups in total. The highest BCUT2D eigenvalue weighted by Crippen LogP contribution is 1.89. The summed E-state index contributed by atoms with van der Waals surface area (Å²) in [4.78, 5) is 3.50. The van der Waals surface area contributed by atoms with Gasteiger partial charge in [0.1, 0.15) is 0 Å². The second kappa shape index (κ2) is 4.53.